The van der Waals surface area contributed by atoms with E-state index in [-0.39, 0.29) is 68.9 Å². The Hall–Kier alpha value is -5.90. The number of aromatic amines is 2. The van der Waals surface area contributed by atoms with Gasteiger partial charge in [0.25, 0.3) is 0 Å². The normalized spacial score (nSPS) is 9.85. The smallest absolute Gasteiger partial charge is 0.438 e. The second-order valence-corrected chi connectivity index (χ2v) is 19.1. The Bertz CT molecular complexity index is 2290. The summed E-state index contributed by atoms with van der Waals surface area (Å²) in [5.74, 6) is 4.22. The van der Waals surface area contributed by atoms with Crippen molar-refractivity contribution >= 4 is 35.1 Å². The molecule has 6 aromatic rings. The number of carbonyl (C=O) groups is 2. The molecule has 0 saturated heterocycles. The summed E-state index contributed by atoms with van der Waals surface area (Å²) >= 11 is 2.90. The Labute approximate surface area is 438 Å². The van der Waals surface area contributed by atoms with E-state index >= 15 is 0 Å². The lowest BCUT2D eigenvalue weighted by Crippen LogP contribution is -2.22. The Kier molecular flexibility index (Phi) is 42.4. The van der Waals surface area contributed by atoms with E-state index in [2.05, 4.69) is 112 Å². The van der Waals surface area contributed by atoms with Gasteiger partial charge in [0.1, 0.15) is 12.0 Å². The van der Waals surface area contributed by atoms with E-state index in [4.69, 9.17) is 14.0 Å². The molecule has 0 aliphatic carbocycles. The molecule has 20 nitrogen and oxygen atoms in total. The predicted octanol–water partition coefficient (Wildman–Crippen LogP) is 11.6. The number of nitrogens with zero attached hydrogens (tertiary/aromatic N) is 8. The maximum absolute atomic E-state index is 11.1. The van der Waals surface area contributed by atoms with Crippen LogP contribution in [0.15, 0.2) is 47.7 Å². The first-order valence-electron chi connectivity index (χ1n) is 22.8. The molecule has 0 bridgehead atoms. The Balaban J connectivity index is -0.000000237. The van der Waals surface area contributed by atoms with E-state index in [1.165, 1.54) is 22.9 Å². The molecule has 0 spiro atoms. The summed E-state index contributed by atoms with van der Waals surface area (Å²) in [5, 5.41) is 34.6. The van der Waals surface area contributed by atoms with E-state index < -0.39 is 5.76 Å². The fourth-order valence-corrected chi connectivity index (χ4v) is 5.80. The third kappa shape index (κ3) is 32.9. The van der Waals surface area contributed by atoms with Gasteiger partial charge in [0.05, 0.1) is 40.8 Å². The highest BCUT2D eigenvalue weighted by Crippen LogP contribution is 2.19. The topological polar surface area (TPSA) is 287 Å². The molecule has 0 atom stereocenters. The molecule has 0 saturated carbocycles. The first kappa shape index (κ1) is 75.0. The summed E-state index contributed by atoms with van der Waals surface area (Å²) in [4.78, 5) is 46.0. The van der Waals surface area contributed by atoms with Crippen molar-refractivity contribution in [3.63, 3.8) is 0 Å². The third-order valence-corrected chi connectivity index (χ3v) is 10.4. The molecule has 0 unspecified atom stereocenters. The molecule has 5 N–H and O–H groups in total. The summed E-state index contributed by atoms with van der Waals surface area (Å²) in [5.41, 5.74) is 4.48. The van der Waals surface area contributed by atoms with Gasteiger partial charge in [0, 0.05) is 60.2 Å². The monoisotopic (exact) mass is 1050 g/mol. The molecule has 22 heteroatoms. The molecule has 0 fully saturated rings. The molecule has 72 heavy (non-hydrogen) atoms. The fraction of sp³-hybridized carbons (Fsp3) is 0.640. The average molecular weight is 1050 g/mol. The van der Waals surface area contributed by atoms with Gasteiger partial charge in [-0.3, -0.25) is 23.9 Å². The highest BCUT2D eigenvalue weighted by molar-refractivity contribution is 7.05. The number of H-pyrrole nitrogens is 2. The van der Waals surface area contributed by atoms with Crippen LogP contribution in [0.3, 0.4) is 0 Å². The number of hydrogen-bond donors (Lipinski definition) is 5. The maximum Gasteiger partial charge on any atom is 0.438 e. The fourth-order valence-electron chi connectivity index (χ4n) is 4.38. The SMILES string of the molecule is C.C.C.CC(C)c1cocc(O)c1=O.CC(C)c1nn[nH]n1.CC(C)c1noc(=O)[nH]1.CNC(=O)C(C)C.CNC(=O)C(C)C.Cc1cc(C(C)C)on1.Cc1cc(C(C)C)sn1.Cc1nsnc1C(C)C. The quantitative estimate of drug-likeness (QED) is 0.0947. The summed E-state index contributed by atoms with van der Waals surface area (Å²) in [7, 11) is 3.28. The maximum atomic E-state index is 11.1. The number of amides is 2. The largest absolute Gasteiger partial charge is 0.502 e. The van der Waals surface area contributed by atoms with Crippen LogP contribution < -0.4 is 21.8 Å². The molecular formula is C50H92N12O8S2. The van der Waals surface area contributed by atoms with Crippen molar-refractivity contribution in [1.82, 2.24) is 59.7 Å². The number of aryl methyl sites for hydroxylation is 3. The van der Waals surface area contributed by atoms with Gasteiger partial charge < -0.3 is 24.7 Å². The van der Waals surface area contributed by atoms with Gasteiger partial charge in [0.2, 0.25) is 17.2 Å². The predicted molar refractivity (Wildman–Crippen MR) is 293 cm³/mol. The molecule has 0 aliphatic rings. The molecule has 6 rings (SSSR count). The lowest BCUT2D eigenvalue weighted by molar-refractivity contribution is -0.124. The van der Waals surface area contributed by atoms with E-state index in [9.17, 15) is 19.2 Å². The van der Waals surface area contributed by atoms with Crippen molar-refractivity contribution in [2.45, 2.75) is 189 Å². The summed E-state index contributed by atoms with van der Waals surface area (Å²) in [6, 6.07) is 4.11. The van der Waals surface area contributed by atoms with Gasteiger partial charge in [0.15, 0.2) is 17.4 Å². The minimum Gasteiger partial charge on any atom is -0.502 e. The second-order valence-electron chi connectivity index (χ2n) is 17.7. The Morgan fingerprint density at radius 3 is 1.42 bits per heavy atom. The van der Waals surface area contributed by atoms with Crippen LogP contribution in [0.1, 0.15) is 219 Å². The summed E-state index contributed by atoms with van der Waals surface area (Å²) in [6.07, 6.45) is 2.40. The van der Waals surface area contributed by atoms with Crippen LogP contribution in [0.25, 0.3) is 0 Å². The molecular weight excluding hydrogens is 961 g/mol. The van der Waals surface area contributed by atoms with Crippen molar-refractivity contribution in [2.75, 3.05) is 14.1 Å². The first-order chi connectivity index (χ1) is 32.1. The van der Waals surface area contributed by atoms with E-state index in [0.717, 1.165) is 40.6 Å². The van der Waals surface area contributed by atoms with Gasteiger partial charge in [-0.1, -0.05) is 149 Å². The lowest BCUT2D eigenvalue weighted by Gasteiger charge is -2.01. The number of rotatable bonds is 8. The van der Waals surface area contributed by atoms with Crippen LogP contribution in [0, 0.1) is 32.6 Å². The first-order valence-corrected chi connectivity index (χ1v) is 24.3. The number of carbonyl (C=O) groups excluding carboxylic acids is 2. The lowest BCUT2D eigenvalue weighted by atomic mass is 10.1. The van der Waals surface area contributed by atoms with Gasteiger partial charge in [-0.15, -0.1) is 10.2 Å². The number of aromatic hydroxyl groups is 1. The van der Waals surface area contributed by atoms with Crippen LogP contribution in [0.4, 0.5) is 0 Å². The van der Waals surface area contributed by atoms with Crippen LogP contribution in [0.5, 0.6) is 5.75 Å². The standard InChI is InChI=1S/C8H10O3.C7H11NO.C7H11NS.C6H10N2S.C5H8N2O2.2C5H11NO.C4H8N4.3CH4/c1-5(2)6-3-11-4-7(9)8(6)10;2*1-5(2)7-4-6(3)8-9-7;1-4(2)6-5(3)7-9-8-6;1-3(2)4-6-5(8)9-7-4;2*1-4(2)5(7)6-3;1-3(2)4-5-7-8-6-4;;;/h3-5,9H,1-2H3;2*4-5H,1-3H3;4H,1-3H3;3H,1-2H3,(H,6,7,8);2*4H,1-3H3,(H,6,7);3H,1-2H3,(H,5,6,7,8);3*1H4. The number of hydrogen-bond acceptors (Lipinski definition) is 18. The van der Waals surface area contributed by atoms with E-state index in [1.54, 1.807) is 25.6 Å². The van der Waals surface area contributed by atoms with Gasteiger partial charge in [-0.05, 0) is 56.1 Å². The van der Waals surface area contributed by atoms with Crippen LogP contribution >= 0.6 is 23.3 Å². The zero-order chi connectivity index (χ0) is 53.6. The van der Waals surface area contributed by atoms with E-state index in [1.807, 2.05) is 96.1 Å². The van der Waals surface area contributed by atoms with Gasteiger partial charge >= 0.3 is 5.76 Å². The Morgan fingerprint density at radius 2 is 1.21 bits per heavy atom. The van der Waals surface area contributed by atoms with Crippen LogP contribution in [-0.2, 0) is 9.59 Å². The highest BCUT2D eigenvalue weighted by atomic mass is 32.1. The number of tetrazole rings is 1. The molecule has 0 aromatic carbocycles. The van der Waals surface area contributed by atoms with Crippen molar-refractivity contribution in [1.29, 1.82) is 0 Å². The number of aromatic nitrogens is 10. The number of nitrogens with one attached hydrogen (secondary N) is 4. The molecule has 2 amide bonds. The highest BCUT2D eigenvalue weighted by Gasteiger charge is 2.09. The van der Waals surface area contributed by atoms with Crippen LogP contribution in [0.2, 0.25) is 0 Å². The van der Waals surface area contributed by atoms with Crippen LogP contribution in [-0.4, -0.2) is 80.1 Å². The minimum atomic E-state index is -0.487. The Morgan fingerprint density at radius 1 is 0.653 bits per heavy atom. The van der Waals surface area contributed by atoms with Gasteiger partial charge in [-0.25, -0.2) is 4.79 Å². The average Bonchev–Trinajstić information content (AvgIpc) is 4.15. The van der Waals surface area contributed by atoms with Crippen molar-refractivity contribution in [2.24, 2.45) is 11.8 Å². The molecule has 412 valence electrons. The van der Waals surface area contributed by atoms with Gasteiger partial charge in [-0.2, -0.15) is 18.3 Å². The van der Waals surface area contributed by atoms with Crippen molar-refractivity contribution < 1.29 is 28.2 Å². The molecule has 6 aromatic heterocycles. The summed E-state index contributed by atoms with van der Waals surface area (Å²) < 4.78 is 26.4. The van der Waals surface area contributed by atoms with Crippen molar-refractivity contribution in [3.8, 4) is 5.75 Å². The molecule has 6 heterocycles. The van der Waals surface area contributed by atoms with Crippen molar-refractivity contribution in [3.05, 3.63) is 96.1 Å². The zero-order valence-electron chi connectivity index (χ0n) is 44.6. The van der Waals surface area contributed by atoms with E-state index in [0.29, 0.717) is 35.1 Å². The molecule has 0 radical (unpaired) electrons. The summed E-state index contributed by atoms with van der Waals surface area (Å²) in [6.45, 7) is 37.8. The molecule has 0 aliphatic heterocycles. The minimum absolute atomic E-state index is 0. The zero-order valence-corrected chi connectivity index (χ0v) is 46.3. The third-order valence-electron chi connectivity index (χ3n) is 8.58. The second kappa shape index (κ2) is 40.7.